The summed E-state index contributed by atoms with van der Waals surface area (Å²) in [5, 5.41) is 12.6. The van der Waals surface area contributed by atoms with E-state index in [1.807, 2.05) is 0 Å². The Morgan fingerprint density at radius 3 is 1.26 bits per heavy atom. The van der Waals surface area contributed by atoms with Crippen molar-refractivity contribution in [1.29, 1.82) is 0 Å². The largest absolute Gasteiger partial charge is 0.310 e. The normalized spacial score (nSPS) is 11.6. The van der Waals surface area contributed by atoms with Crippen LogP contribution in [0, 0.1) is 0 Å². The highest BCUT2D eigenvalue weighted by Crippen LogP contribution is 2.42. The predicted molar refractivity (Wildman–Crippen MR) is 282 cm³/mol. The fourth-order valence-corrected chi connectivity index (χ4v) is 10.4. The Morgan fingerprint density at radius 2 is 0.652 bits per heavy atom. The monoisotopic (exact) mass is 838 g/mol. The van der Waals surface area contributed by atoms with Gasteiger partial charge in [0.1, 0.15) is 0 Å². The molecular formula is C64H42N2. The zero-order valence-corrected chi connectivity index (χ0v) is 36.1. The minimum absolute atomic E-state index is 1.11. The molecule has 1 heterocycles. The number of rotatable bonds is 7. The van der Waals surface area contributed by atoms with Crippen molar-refractivity contribution in [3.63, 3.8) is 0 Å². The quantitative estimate of drug-likeness (QED) is 0.145. The molecule has 0 aliphatic carbocycles. The summed E-state index contributed by atoms with van der Waals surface area (Å²) in [5.41, 5.74) is 14.1. The van der Waals surface area contributed by atoms with E-state index >= 15 is 0 Å². The molecule has 0 atom stereocenters. The van der Waals surface area contributed by atoms with Crippen LogP contribution in [0.1, 0.15) is 0 Å². The Morgan fingerprint density at radius 1 is 0.242 bits per heavy atom. The van der Waals surface area contributed by atoms with Gasteiger partial charge in [-0.1, -0.05) is 182 Å². The number of fused-ring (bicyclic) bond motifs is 10. The van der Waals surface area contributed by atoms with Crippen LogP contribution in [-0.4, -0.2) is 4.57 Å². The molecule has 12 aromatic carbocycles. The molecule has 0 aliphatic heterocycles. The Hall–Kier alpha value is -8.72. The highest BCUT2D eigenvalue weighted by molar-refractivity contribution is 6.25. The topological polar surface area (TPSA) is 8.17 Å². The van der Waals surface area contributed by atoms with Crippen LogP contribution >= 0.6 is 0 Å². The second-order valence-corrected chi connectivity index (χ2v) is 17.3. The van der Waals surface area contributed by atoms with Crippen molar-refractivity contribution in [3.05, 3.63) is 255 Å². The molecule has 13 aromatic rings. The minimum atomic E-state index is 1.11. The smallest absolute Gasteiger partial charge is 0.0541 e. The molecule has 0 spiro atoms. The summed E-state index contributed by atoms with van der Waals surface area (Å²) in [6, 6.07) is 93.2. The SMILES string of the molecule is c1ccc(-c2ccc3c(c2)c2cc(-c4ccc(N(c5ccccc5)c5cccc6ccccc56)cc4)ccc2n3-c2ccc(-c3ccc4c5ccccc5c5ccccc5c4c3)cc2)cc1. The summed E-state index contributed by atoms with van der Waals surface area (Å²) >= 11 is 0. The molecule has 0 saturated carbocycles. The van der Waals surface area contributed by atoms with Crippen LogP contribution in [-0.2, 0) is 0 Å². The molecule has 1 aromatic heterocycles. The molecular weight excluding hydrogens is 797 g/mol. The molecule has 0 bridgehead atoms. The summed E-state index contributed by atoms with van der Waals surface area (Å²) in [6.07, 6.45) is 0. The molecule has 66 heavy (non-hydrogen) atoms. The zero-order chi connectivity index (χ0) is 43.6. The van der Waals surface area contributed by atoms with Crippen molar-refractivity contribution < 1.29 is 0 Å². The summed E-state index contributed by atoms with van der Waals surface area (Å²) in [7, 11) is 0. The van der Waals surface area contributed by atoms with Gasteiger partial charge in [-0.15, -0.1) is 0 Å². The van der Waals surface area contributed by atoms with Gasteiger partial charge in [0.2, 0.25) is 0 Å². The van der Waals surface area contributed by atoms with Crippen molar-refractivity contribution in [2.45, 2.75) is 0 Å². The number of nitrogens with zero attached hydrogens (tertiary/aromatic N) is 2. The maximum atomic E-state index is 2.43. The number of hydrogen-bond donors (Lipinski definition) is 0. The third kappa shape index (κ3) is 6.26. The Balaban J connectivity index is 0.912. The van der Waals surface area contributed by atoms with Gasteiger partial charge in [-0.05, 0) is 144 Å². The molecule has 2 heteroatoms. The van der Waals surface area contributed by atoms with E-state index in [4.69, 9.17) is 0 Å². The number of aromatic nitrogens is 1. The first kappa shape index (κ1) is 37.8. The van der Waals surface area contributed by atoms with E-state index in [2.05, 4.69) is 264 Å². The summed E-state index contributed by atoms with van der Waals surface area (Å²) in [5.74, 6) is 0. The molecule has 0 saturated heterocycles. The lowest BCUT2D eigenvalue weighted by Crippen LogP contribution is -2.10. The molecule has 0 amide bonds. The minimum Gasteiger partial charge on any atom is -0.310 e. The number of anilines is 3. The van der Waals surface area contributed by atoms with Gasteiger partial charge in [0.25, 0.3) is 0 Å². The lowest BCUT2D eigenvalue weighted by atomic mass is 9.92. The Labute approximate surface area is 383 Å². The van der Waals surface area contributed by atoms with E-state index in [0.717, 1.165) is 22.7 Å². The fourth-order valence-electron chi connectivity index (χ4n) is 10.4. The van der Waals surface area contributed by atoms with E-state index in [1.165, 1.54) is 98.3 Å². The van der Waals surface area contributed by atoms with Crippen molar-refractivity contribution in [2.24, 2.45) is 0 Å². The van der Waals surface area contributed by atoms with Gasteiger partial charge < -0.3 is 9.47 Å². The van der Waals surface area contributed by atoms with E-state index in [9.17, 15) is 0 Å². The molecule has 0 radical (unpaired) electrons. The Bertz CT molecular complexity index is 3920. The van der Waals surface area contributed by atoms with Crippen molar-refractivity contribution in [3.8, 4) is 39.1 Å². The van der Waals surface area contributed by atoms with Crippen LogP contribution in [0.5, 0.6) is 0 Å². The summed E-state index contributed by atoms with van der Waals surface area (Å²) < 4.78 is 2.43. The fraction of sp³-hybridized carbons (Fsp3) is 0. The average Bonchev–Trinajstić information content (AvgIpc) is 3.72. The average molecular weight is 839 g/mol. The molecule has 308 valence electrons. The maximum absolute atomic E-state index is 2.43. The molecule has 0 aliphatic rings. The maximum Gasteiger partial charge on any atom is 0.0541 e. The molecule has 0 fully saturated rings. The standard InChI is InChI=1S/C64H42N2/c1-3-14-43(15-4-1)48-31-38-63-60(41-48)61-42-49(45-26-33-51(34-27-45)65(50-18-5-2-6-19-50)62-25-13-17-46-16-7-8-20-53(46)62)32-39-64(61)66(63)52-35-28-44(29-36-52)47-30-37-58-56-23-10-9-21-54(56)55-22-11-12-24-57(55)59(58)40-47/h1-42H. The van der Waals surface area contributed by atoms with Crippen LogP contribution in [0.15, 0.2) is 255 Å². The van der Waals surface area contributed by atoms with Gasteiger partial charge in [0.15, 0.2) is 0 Å². The predicted octanol–water partition coefficient (Wildman–Crippen LogP) is 17.9. The van der Waals surface area contributed by atoms with E-state index in [0.29, 0.717) is 0 Å². The third-order valence-corrected chi connectivity index (χ3v) is 13.6. The van der Waals surface area contributed by atoms with Crippen LogP contribution in [0.4, 0.5) is 17.1 Å². The van der Waals surface area contributed by atoms with E-state index < -0.39 is 0 Å². The van der Waals surface area contributed by atoms with E-state index in [-0.39, 0.29) is 0 Å². The number of para-hydroxylation sites is 1. The first-order chi connectivity index (χ1) is 32.7. The van der Waals surface area contributed by atoms with Gasteiger partial charge in [0, 0.05) is 33.2 Å². The molecule has 2 nitrogen and oxygen atoms in total. The van der Waals surface area contributed by atoms with Crippen molar-refractivity contribution >= 4 is 82.0 Å². The van der Waals surface area contributed by atoms with Gasteiger partial charge >= 0.3 is 0 Å². The lowest BCUT2D eigenvalue weighted by Gasteiger charge is -2.27. The van der Waals surface area contributed by atoms with Gasteiger partial charge in [-0.2, -0.15) is 0 Å². The van der Waals surface area contributed by atoms with Crippen LogP contribution in [0.25, 0.3) is 104 Å². The molecule has 0 N–H and O–H groups in total. The van der Waals surface area contributed by atoms with Gasteiger partial charge in [-0.25, -0.2) is 0 Å². The first-order valence-electron chi connectivity index (χ1n) is 22.7. The number of benzene rings is 12. The Kier molecular flexibility index (Phi) is 8.89. The second-order valence-electron chi connectivity index (χ2n) is 17.3. The van der Waals surface area contributed by atoms with Crippen LogP contribution < -0.4 is 4.90 Å². The lowest BCUT2D eigenvalue weighted by molar-refractivity contribution is 1.18. The van der Waals surface area contributed by atoms with Gasteiger partial charge in [-0.3, -0.25) is 0 Å². The van der Waals surface area contributed by atoms with Crippen molar-refractivity contribution in [1.82, 2.24) is 4.57 Å². The summed E-state index contributed by atoms with van der Waals surface area (Å²) in [6.45, 7) is 0. The first-order valence-corrected chi connectivity index (χ1v) is 22.7. The van der Waals surface area contributed by atoms with E-state index in [1.54, 1.807) is 0 Å². The molecule has 13 rings (SSSR count). The van der Waals surface area contributed by atoms with Gasteiger partial charge in [0.05, 0.1) is 16.7 Å². The zero-order valence-electron chi connectivity index (χ0n) is 36.1. The van der Waals surface area contributed by atoms with Crippen LogP contribution in [0.3, 0.4) is 0 Å². The van der Waals surface area contributed by atoms with Crippen molar-refractivity contribution in [2.75, 3.05) is 4.90 Å². The molecule has 0 unspecified atom stereocenters. The van der Waals surface area contributed by atoms with Crippen LogP contribution in [0.2, 0.25) is 0 Å². The highest BCUT2D eigenvalue weighted by atomic mass is 15.1. The third-order valence-electron chi connectivity index (χ3n) is 13.6. The summed E-state index contributed by atoms with van der Waals surface area (Å²) in [4.78, 5) is 2.36. The second kappa shape index (κ2) is 15.5. The highest BCUT2D eigenvalue weighted by Gasteiger charge is 2.18. The number of hydrogen-bond acceptors (Lipinski definition) is 1.